The maximum absolute atomic E-state index is 11.8. The molecule has 0 saturated heterocycles. The van der Waals surface area contributed by atoms with E-state index in [9.17, 15) is 4.79 Å². The number of hydrogen-bond donors (Lipinski definition) is 1. The zero-order valence-electron chi connectivity index (χ0n) is 12.2. The Balaban J connectivity index is 3.01. The van der Waals surface area contributed by atoms with E-state index in [1.165, 1.54) is 0 Å². The van der Waals surface area contributed by atoms with Gasteiger partial charge in [0.2, 0.25) is 5.91 Å². The monoisotopic (exact) mass is 249 g/mol. The van der Waals surface area contributed by atoms with Gasteiger partial charge in [0.25, 0.3) is 0 Å². The van der Waals surface area contributed by atoms with E-state index in [2.05, 4.69) is 5.32 Å². The van der Waals surface area contributed by atoms with Gasteiger partial charge in [0.05, 0.1) is 13.5 Å². The molecule has 0 aliphatic heterocycles. The van der Waals surface area contributed by atoms with Gasteiger partial charge in [-0.2, -0.15) is 0 Å². The van der Waals surface area contributed by atoms with E-state index in [-0.39, 0.29) is 11.9 Å². The summed E-state index contributed by atoms with van der Waals surface area (Å²) in [7, 11) is 1.68. The molecule has 0 atom stereocenters. The van der Waals surface area contributed by atoms with Gasteiger partial charge in [-0.15, -0.1) is 0 Å². The summed E-state index contributed by atoms with van der Waals surface area (Å²) in [6, 6.07) is 2.22. The first-order chi connectivity index (χ1) is 8.36. The lowest BCUT2D eigenvalue weighted by Crippen LogP contribution is -2.31. The first-order valence-electron chi connectivity index (χ1n) is 6.29. The van der Waals surface area contributed by atoms with E-state index in [0.717, 1.165) is 28.0 Å². The van der Waals surface area contributed by atoms with E-state index in [1.54, 1.807) is 7.11 Å². The Labute approximate surface area is 110 Å². The molecule has 0 aliphatic carbocycles. The number of amides is 1. The van der Waals surface area contributed by atoms with Crippen molar-refractivity contribution < 1.29 is 9.53 Å². The lowest BCUT2D eigenvalue weighted by atomic mass is 9.96. The highest BCUT2D eigenvalue weighted by atomic mass is 16.5. The Kier molecular flexibility index (Phi) is 4.76. The molecule has 0 saturated carbocycles. The minimum atomic E-state index is 0.0667. The number of methoxy groups -OCH3 is 1. The molecular weight excluding hydrogens is 226 g/mol. The molecule has 1 aromatic carbocycles. The minimum absolute atomic E-state index is 0.0667. The molecule has 1 amide bonds. The van der Waals surface area contributed by atoms with Crippen molar-refractivity contribution in [1.29, 1.82) is 0 Å². The molecule has 0 fully saturated rings. The molecule has 0 bridgehead atoms. The maximum atomic E-state index is 11.8. The summed E-state index contributed by atoms with van der Waals surface area (Å²) in [5.74, 6) is 0.984. The van der Waals surface area contributed by atoms with E-state index >= 15 is 0 Å². The minimum Gasteiger partial charge on any atom is -0.496 e. The number of carbonyl (C=O) groups is 1. The molecule has 3 heteroatoms. The van der Waals surface area contributed by atoms with Crippen LogP contribution in [0.1, 0.15) is 36.1 Å². The van der Waals surface area contributed by atoms with Crippen molar-refractivity contribution in [1.82, 2.24) is 5.32 Å². The molecule has 0 aromatic heterocycles. The van der Waals surface area contributed by atoms with Gasteiger partial charge in [0.1, 0.15) is 5.75 Å². The molecule has 0 heterocycles. The van der Waals surface area contributed by atoms with Crippen LogP contribution in [0.15, 0.2) is 6.07 Å². The number of aryl methyl sites for hydroxylation is 1. The fraction of sp³-hybridized carbons (Fsp3) is 0.533. The van der Waals surface area contributed by atoms with Crippen LogP contribution in [0.2, 0.25) is 0 Å². The zero-order valence-corrected chi connectivity index (χ0v) is 12.2. The zero-order chi connectivity index (χ0) is 13.9. The number of nitrogens with one attached hydrogen (secondary N) is 1. The molecule has 18 heavy (non-hydrogen) atoms. The Morgan fingerprint density at radius 1 is 1.28 bits per heavy atom. The second-order valence-corrected chi connectivity index (χ2v) is 5.03. The van der Waals surface area contributed by atoms with Crippen molar-refractivity contribution in [2.24, 2.45) is 0 Å². The third kappa shape index (κ3) is 3.25. The molecule has 1 aromatic rings. The van der Waals surface area contributed by atoms with Crippen LogP contribution in [-0.4, -0.2) is 19.1 Å². The number of rotatable bonds is 4. The van der Waals surface area contributed by atoms with Gasteiger partial charge in [0, 0.05) is 6.04 Å². The topological polar surface area (TPSA) is 38.3 Å². The number of benzene rings is 1. The predicted octanol–water partition coefficient (Wildman–Crippen LogP) is 2.69. The summed E-state index contributed by atoms with van der Waals surface area (Å²) >= 11 is 0. The average Bonchev–Trinajstić information content (AvgIpc) is 2.25. The molecule has 1 N–H and O–H groups in total. The summed E-state index contributed by atoms with van der Waals surface area (Å²) in [6.07, 6.45) is 0.426. The highest BCUT2D eigenvalue weighted by molar-refractivity contribution is 5.79. The fourth-order valence-electron chi connectivity index (χ4n) is 2.19. The predicted molar refractivity (Wildman–Crippen MR) is 74.2 cm³/mol. The maximum Gasteiger partial charge on any atom is 0.224 e. The van der Waals surface area contributed by atoms with Crippen molar-refractivity contribution >= 4 is 5.91 Å². The molecular formula is C15H23NO2. The molecule has 0 radical (unpaired) electrons. The summed E-state index contributed by atoms with van der Waals surface area (Å²) in [5.41, 5.74) is 4.40. The normalized spacial score (nSPS) is 10.6. The van der Waals surface area contributed by atoms with Crippen molar-refractivity contribution in [2.75, 3.05) is 7.11 Å². The van der Waals surface area contributed by atoms with Gasteiger partial charge in [-0.3, -0.25) is 4.79 Å². The first-order valence-corrected chi connectivity index (χ1v) is 6.29. The smallest absolute Gasteiger partial charge is 0.224 e. The number of carbonyl (C=O) groups excluding carboxylic acids is 1. The molecule has 0 aliphatic rings. The first kappa shape index (κ1) is 14.6. The van der Waals surface area contributed by atoms with Crippen LogP contribution in [0.25, 0.3) is 0 Å². The second kappa shape index (κ2) is 5.89. The van der Waals surface area contributed by atoms with E-state index in [0.29, 0.717) is 6.42 Å². The van der Waals surface area contributed by atoms with Gasteiger partial charge in [-0.1, -0.05) is 6.07 Å². The van der Waals surface area contributed by atoms with Gasteiger partial charge < -0.3 is 10.1 Å². The van der Waals surface area contributed by atoms with Crippen molar-refractivity contribution in [2.45, 2.75) is 47.1 Å². The van der Waals surface area contributed by atoms with E-state index < -0.39 is 0 Å². The van der Waals surface area contributed by atoms with Gasteiger partial charge >= 0.3 is 0 Å². The Morgan fingerprint density at radius 3 is 2.39 bits per heavy atom. The van der Waals surface area contributed by atoms with Crippen LogP contribution >= 0.6 is 0 Å². The van der Waals surface area contributed by atoms with Crippen LogP contribution in [0.4, 0.5) is 0 Å². The third-order valence-corrected chi connectivity index (χ3v) is 3.14. The average molecular weight is 249 g/mol. The van der Waals surface area contributed by atoms with E-state index in [4.69, 9.17) is 4.74 Å². The second-order valence-electron chi connectivity index (χ2n) is 5.03. The summed E-state index contributed by atoms with van der Waals surface area (Å²) in [6.45, 7) is 10.0. The molecule has 100 valence electrons. The fourth-order valence-corrected chi connectivity index (χ4v) is 2.19. The standard InChI is InChI=1S/C15H23NO2/c1-9(2)16-14(17)8-13-7-10(3)15(18-6)12(5)11(13)4/h7,9H,8H2,1-6H3,(H,16,17). The highest BCUT2D eigenvalue weighted by Crippen LogP contribution is 2.28. The largest absolute Gasteiger partial charge is 0.496 e. The Hall–Kier alpha value is -1.51. The van der Waals surface area contributed by atoms with Crippen LogP contribution in [0, 0.1) is 20.8 Å². The quantitative estimate of drug-likeness (QED) is 0.891. The van der Waals surface area contributed by atoms with Crippen LogP contribution in [0.5, 0.6) is 5.75 Å². The Morgan fingerprint density at radius 2 is 1.89 bits per heavy atom. The van der Waals surface area contributed by atoms with Crippen molar-refractivity contribution in [3.63, 3.8) is 0 Å². The van der Waals surface area contributed by atoms with Crippen LogP contribution in [0.3, 0.4) is 0 Å². The van der Waals surface area contributed by atoms with Crippen LogP contribution in [-0.2, 0) is 11.2 Å². The summed E-state index contributed by atoms with van der Waals surface area (Å²) in [4.78, 5) is 11.8. The molecule has 3 nitrogen and oxygen atoms in total. The van der Waals surface area contributed by atoms with E-state index in [1.807, 2.05) is 40.7 Å². The number of hydrogen-bond acceptors (Lipinski definition) is 2. The van der Waals surface area contributed by atoms with Gasteiger partial charge in [-0.25, -0.2) is 0 Å². The van der Waals surface area contributed by atoms with Crippen molar-refractivity contribution in [3.05, 3.63) is 28.3 Å². The van der Waals surface area contributed by atoms with Gasteiger partial charge in [0.15, 0.2) is 0 Å². The van der Waals surface area contributed by atoms with Gasteiger partial charge in [-0.05, 0) is 56.9 Å². The molecule has 0 unspecified atom stereocenters. The Bertz CT molecular complexity index is 450. The van der Waals surface area contributed by atoms with Crippen molar-refractivity contribution in [3.8, 4) is 5.75 Å². The summed E-state index contributed by atoms with van der Waals surface area (Å²) < 4.78 is 5.38. The number of ether oxygens (including phenoxy) is 1. The summed E-state index contributed by atoms with van der Waals surface area (Å²) in [5, 5.41) is 2.92. The molecule has 0 spiro atoms. The highest BCUT2D eigenvalue weighted by Gasteiger charge is 2.13. The third-order valence-electron chi connectivity index (χ3n) is 3.14. The SMILES string of the molecule is COc1c(C)cc(CC(=O)NC(C)C)c(C)c1C. The van der Waals surface area contributed by atoms with Crippen LogP contribution < -0.4 is 10.1 Å². The lowest BCUT2D eigenvalue weighted by molar-refractivity contribution is -0.120. The molecule has 1 rings (SSSR count). The lowest BCUT2D eigenvalue weighted by Gasteiger charge is -2.16.